The summed E-state index contributed by atoms with van der Waals surface area (Å²) in [6.07, 6.45) is 1.51. The topological polar surface area (TPSA) is 65.3 Å². The number of aromatic nitrogens is 1. The zero-order valence-electron chi connectivity index (χ0n) is 9.55. The molecule has 2 aromatic rings. The van der Waals surface area contributed by atoms with Crippen molar-refractivity contribution in [3.63, 3.8) is 0 Å². The number of halogens is 2. The van der Waals surface area contributed by atoms with Crippen molar-refractivity contribution in [3.05, 3.63) is 63.2 Å². The van der Waals surface area contributed by atoms with Gasteiger partial charge in [-0.1, -0.05) is 17.7 Å². The van der Waals surface area contributed by atoms with Crippen molar-refractivity contribution in [1.29, 1.82) is 0 Å². The minimum absolute atomic E-state index is 0.0308. The Morgan fingerprint density at radius 2 is 2.21 bits per heavy atom. The van der Waals surface area contributed by atoms with E-state index in [1.807, 2.05) is 0 Å². The molecule has 98 valence electrons. The largest absolute Gasteiger partial charge is 0.482 e. The predicted octanol–water partition coefficient (Wildman–Crippen LogP) is 3.36. The Labute approximate surface area is 112 Å². The van der Waals surface area contributed by atoms with Crippen LogP contribution in [0.25, 0.3) is 0 Å². The summed E-state index contributed by atoms with van der Waals surface area (Å²) in [5.74, 6) is -0.761. The normalized spacial score (nSPS) is 10.2. The molecule has 0 unspecified atom stereocenters. The molecule has 1 heterocycles. The molecule has 5 nitrogen and oxygen atoms in total. The van der Waals surface area contributed by atoms with Crippen molar-refractivity contribution >= 4 is 17.3 Å². The van der Waals surface area contributed by atoms with Gasteiger partial charge in [0.2, 0.25) is 0 Å². The first-order valence-electron chi connectivity index (χ1n) is 5.24. The molecule has 0 spiro atoms. The number of benzene rings is 1. The molecule has 0 aliphatic heterocycles. The summed E-state index contributed by atoms with van der Waals surface area (Å²) in [7, 11) is 0. The molecule has 1 aromatic carbocycles. The number of nitro groups is 1. The molecule has 0 saturated heterocycles. The van der Waals surface area contributed by atoms with E-state index in [1.54, 1.807) is 12.1 Å². The summed E-state index contributed by atoms with van der Waals surface area (Å²) in [5.41, 5.74) is 0.254. The van der Waals surface area contributed by atoms with Crippen LogP contribution in [0.3, 0.4) is 0 Å². The molecule has 0 aliphatic rings. The third-order valence-electron chi connectivity index (χ3n) is 2.34. The predicted molar refractivity (Wildman–Crippen MR) is 66.6 cm³/mol. The van der Waals surface area contributed by atoms with Crippen LogP contribution in [-0.2, 0) is 6.61 Å². The van der Waals surface area contributed by atoms with Gasteiger partial charge in [-0.05, 0) is 12.1 Å². The molecule has 19 heavy (non-hydrogen) atoms. The number of rotatable bonds is 4. The summed E-state index contributed by atoms with van der Waals surface area (Å²) in [4.78, 5) is 14.0. The highest BCUT2D eigenvalue weighted by atomic mass is 35.5. The average Bonchev–Trinajstić information content (AvgIpc) is 2.37. The molecule has 0 amide bonds. The van der Waals surface area contributed by atoms with Gasteiger partial charge in [-0.2, -0.15) is 0 Å². The second-order valence-electron chi connectivity index (χ2n) is 3.61. The molecule has 0 aliphatic carbocycles. The first-order chi connectivity index (χ1) is 9.08. The van der Waals surface area contributed by atoms with Crippen LogP contribution < -0.4 is 4.74 Å². The number of pyridine rings is 1. The van der Waals surface area contributed by atoms with E-state index in [0.29, 0.717) is 5.56 Å². The van der Waals surface area contributed by atoms with Gasteiger partial charge in [0, 0.05) is 23.9 Å². The molecular weight excluding hydrogens is 275 g/mol. The van der Waals surface area contributed by atoms with Gasteiger partial charge in [-0.15, -0.1) is 0 Å². The molecular formula is C12H8ClFN2O3. The Morgan fingerprint density at radius 3 is 2.89 bits per heavy atom. The van der Waals surface area contributed by atoms with Gasteiger partial charge in [0.25, 0.3) is 0 Å². The van der Waals surface area contributed by atoms with Gasteiger partial charge in [-0.3, -0.25) is 10.1 Å². The maximum atomic E-state index is 13.1. The summed E-state index contributed by atoms with van der Waals surface area (Å²) in [5, 5.41) is 11.0. The maximum absolute atomic E-state index is 13.1. The van der Waals surface area contributed by atoms with E-state index < -0.39 is 10.7 Å². The minimum atomic E-state index is -0.639. The fourth-order valence-corrected chi connectivity index (χ4v) is 1.61. The van der Waals surface area contributed by atoms with Crippen LogP contribution in [0.15, 0.2) is 36.5 Å². The smallest absolute Gasteiger partial charge is 0.311 e. The van der Waals surface area contributed by atoms with Crippen molar-refractivity contribution in [2.24, 2.45) is 0 Å². The van der Waals surface area contributed by atoms with Crippen molar-refractivity contribution in [3.8, 4) is 5.75 Å². The number of ether oxygens (including phenoxy) is 1. The Balaban J connectivity index is 2.22. The quantitative estimate of drug-likeness (QED) is 0.490. The molecule has 0 fully saturated rings. The van der Waals surface area contributed by atoms with Crippen molar-refractivity contribution in [2.75, 3.05) is 0 Å². The average molecular weight is 283 g/mol. The van der Waals surface area contributed by atoms with Crippen LogP contribution in [-0.4, -0.2) is 9.91 Å². The standard InChI is InChI=1S/C12H8ClFN2O3/c13-12-8(2-1-5-15-12)7-19-11-6-9(14)3-4-10(11)16(17)18/h1-6H,7H2. The second kappa shape index (κ2) is 5.62. The van der Waals surface area contributed by atoms with Crippen LogP contribution in [0.1, 0.15) is 5.56 Å². The fraction of sp³-hybridized carbons (Fsp3) is 0.0833. The highest BCUT2D eigenvalue weighted by molar-refractivity contribution is 6.30. The van der Waals surface area contributed by atoms with Crippen molar-refractivity contribution in [2.45, 2.75) is 6.61 Å². The van der Waals surface area contributed by atoms with E-state index in [2.05, 4.69) is 4.98 Å². The molecule has 2 rings (SSSR count). The molecule has 0 saturated carbocycles. The maximum Gasteiger partial charge on any atom is 0.311 e. The Kier molecular flexibility index (Phi) is 3.91. The monoisotopic (exact) mass is 282 g/mol. The summed E-state index contributed by atoms with van der Waals surface area (Å²) >= 11 is 5.83. The first-order valence-corrected chi connectivity index (χ1v) is 5.62. The van der Waals surface area contributed by atoms with Gasteiger partial charge in [-0.25, -0.2) is 9.37 Å². The third kappa shape index (κ3) is 3.17. The number of nitro benzene ring substituents is 1. The Hall–Kier alpha value is -2.21. The van der Waals surface area contributed by atoms with E-state index in [-0.39, 0.29) is 23.2 Å². The number of hydrogen-bond donors (Lipinski definition) is 0. The van der Waals surface area contributed by atoms with E-state index in [9.17, 15) is 14.5 Å². The summed E-state index contributed by atoms with van der Waals surface area (Å²) in [6, 6.07) is 6.34. The molecule has 1 aromatic heterocycles. The minimum Gasteiger partial charge on any atom is -0.482 e. The van der Waals surface area contributed by atoms with Gasteiger partial charge in [0.05, 0.1) is 4.92 Å². The van der Waals surface area contributed by atoms with Crippen molar-refractivity contribution < 1.29 is 14.1 Å². The van der Waals surface area contributed by atoms with Gasteiger partial charge < -0.3 is 4.74 Å². The number of nitrogens with zero attached hydrogens (tertiary/aromatic N) is 2. The van der Waals surface area contributed by atoms with E-state index in [4.69, 9.17) is 16.3 Å². The highest BCUT2D eigenvalue weighted by Crippen LogP contribution is 2.28. The lowest BCUT2D eigenvalue weighted by atomic mass is 10.2. The molecule has 7 heteroatoms. The molecule has 0 radical (unpaired) electrons. The molecule has 0 atom stereocenters. The van der Waals surface area contributed by atoms with Gasteiger partial charge >= 0.3 is 5.69 Å². The van der Waals surface area contributed by atoms with E-state index >= 15 is 0 Å². The van der Waals surface area contributed by atoms with Crippen LogP contribution in [0, 0.1) is 15.9 Å². The lowest BCUT2D eigenvalue weighted by Crippen LogP contribution is -2.00. The first kappa shape index (κ1) is 13.2. The van der Waals surface area contributed by atoms with E-state index in [0.717, 1.165) is 18.2 Å². The van der Waals surface area contributed by atoms with E-state index in [1.165, 1.54) is 6.20 Å². The Morgan fingerprint density at radius 1 is 1.42 bits per heavy atom. The van der Waals surface area contributed by atoms with Crippen LogP contribution in [0.4, 0.5) is 10.1 Å². The van der Waals surface area contributed by atoms with Crippen LogP contribution in [0.2, 0.25) is 5.15 Å². The fourth-order valence-electron chi connectivity index (χ4n) is 1.44. The lowest BCUT2D eigenvalue weighted by molar-refractivity contribution is -0.386. The zero-order chi connectivity index (χ0) is 13.8. The Bertz CT molecular complexity index is 622. The zero-order valence-corrected chi connectivity index (χ0v) is 10.3. The van der Waals surface area contributed by atoms with Gasteiger partial charge in [0.15, 0.2) is 5.75 Å². The third-order valence-corrected chi connectivity index (χ3v) is 2.68. The second-order valence-corrected chi connectivity index (χ2v) is 3.97. The lowest BCUT2D eigenvalue weighted by Gasteiger charge is -2.07. The van der Waals surface area contributed by atoms with Crippen molar-refractivity contribution in [1.82, 2.24) is 4.98 Å². The SMILES string of the molecule is O=[N+]([O-])c1ccc(F)cc1OCc1cccnc1Cl. The van der Waals surface area contributed by atoms with Crippen LogP contribution >= 0.6 is 11.6 Å². The highest BCUT2D eigenvalue weighted by Gasteiger charge is 2.16. The summed E-state index contributed by atoms with van der Waals surface area (Å²) in [6.45, 7) is -0.0308. The molecule has 0 bridgehead atoms. The van der Waals surface area contributed by atoms with Gasteiger partial charge in [0.1, 0.15) is 17.6 Å². The van der Waals surface area contributed by atoms with Crippen LogP contribution in [0.5, 0.6) is 5.75 Å². The number of hydrogen-bond acceptors (Lipinski definition) is 4. The molecule has 0 N–H and O–H groups in total. The summed E-state index contributed by atoms with van der Waals surface area (Å²) < 4.78 is 18.3.